The Balaban J connectivity index is 1.70. The zero-order chi connectivity index (χ0) is 46.7. The van der Waals surface area contributed by atoms with Crippen molar-refractivity contribution in [3.63, 3.8) is 0 Å². The molecule has 4 unspecified atom stereocenters. The van der Waals surface area contributed by atoms with E-state index < -0.39 is 122 Å². The highest BCUT2D eigenvalue weighted by atomic mass is 16.7. The summed E-state index contributed by atoms with van der Waals surface area (Å²) >= 11 is 0. The summed E-state index contributed by atoms with van der Waals surface area (Å²) in [5.41, 5.74) is 0.722. The lowest BCUT2D eigenvalue weighted by Gasteiger charge is -2.46. The predicted molar refractivity (Wildman–Crippen MR) is 226 cm³/mol. The van der Waals surface area contributed by atoms with Gasteiger partial charge < -0.3 is 63.2 Å². The quantitative estimate of drug-likeness (QED) is 0.195. The van der Waals surface area contributed by atoms with Crippen LogP contribution < -0.4 is 0 Å². The smallest absolute Gasteiger partial charge is 0.360 e. The summed E-state index contributed by atoms with van der Waals surface area (Å²) in [4.78, 5) is 41.8. The van der Waals surface area contributed by atoms with Crippen LogP contribution >= 0.6 is 0 Å². The first kappa shape index (κ1) is 52.4. The standard InChI is InChI=1S/C44H72N4O15/c1-12-33-29(22-59-44-41(57-11)40(56-10)37(53)27(7)61-44)18-23(3)14-15-31(49)24(4)19-28(16-17-48-21-30(45-46-48)42(55)58-13-2)39(25(5)32(50)20-34(51)62-33)63-43-38(54)35(47(8)9)36(52)26(6)60-43/h14-15,18,21,24-29,32-33,35-41,43-44,50,52-54H,12-13,16-17,19-20,22H2,1-11H3/b15-14+,23-18+/t24-,25+,26-,27?,28+,29-,32-,33-,35?,36-,37-,38?,39-,40+,41?,43+,44-/m1/s1. The number of rotatable bonds is 14. The van der Waals surface area contributed by atoms with Crippen LogP contribution in [0.5, 0.6) is 0 Å². The third-order valence-corrected chi connectivity index (χ3v) is 12.5. The molecule has 0 aliphatic carbocycles. The monoisotopic (exact) mass is 896 g/mol. The summed E-state index contributed by atoms with van der Waals surface area (Å²) in [7, 11) is 6.38. The number of carbonyl (C=O) groups excluding carboxylic acids is 3. The Morgan fingerprint density at radius 1 is 0.921 bits per heavy atom. The van der Waals surface area contributed by atoms with Gasteiger partial charge >= 0.3 is 11.9 Å². The van der Waals surface area contributed by atoms with Crippen LogP contribution in [0.3, 0.4) is 0 Å². The van der Waals surface area contributed by atoms with Gasteiger partial charge in [-0.1, -0.05) is 43.7 Å². The number of allylic oxidation sites excluding steroid dienone is 3. The van der Waals surface area contributed by atoms with E-state index in [1.165, 1.54) is 31.2 Å². The minimum absolute atomic E-state index is 0.000522. The molecule has 2 fully saturated rings. The van der Waals surface area contributed by atoms with Gasteiger partial charge in [0.2, 0.25) is 0 Å². The molecule has 0 amide bonds. The molecule has 63 heavy (non-hydrogen) atoms. The molecule has 0 saturated carbocycles. The molecule has 4 rings (SSSR count). The maximum absolute atomic E-state index is 13.9. The summed E-state index contributed by atoms with van der Waals surface area (Å²) in [6.07, 6.45) is -4.40. The van der Waals surface area contributed by atoms with E-state index in [2.05, 4.69) is 10.3 Å². The summed E-state index contributed by atoms with van der Waals surface area (Å²) in [5.74, 6) is -3.94. The zero-order valence-electron chi connectivity index (χ0n) is 38.6. The molecule has 358 valence electrons. The van der Waals surface area contributed by atoms with E-state index in [0.717, 1.165) is 0 Å². The first-order chi connectivity index (χ1) is 29.8. The van der Waals surface area contributed by atoms with Gasteiger partial charge in [-0.2, -0.15) is 0 Å². The van der Waals surface area contributed by atoms with Crippen molar-refractivity contribution in [1.29, 1.82) is 0 Å². The van der Waals surface area contributed by atoms with E-state index in [1.54, 1.807) is 59.7 Å². The Morgan fingerprint density at radius 2 is 1.59 bits per heavy atom. The second kappa shape index (κ2) is 24.4. The van der Waals surface area contributed by atoms with Gasteiger partial charge in [-0.15, -0.1) is 5.10 Å². The summed E-state index contributed by atoms with van der Waals surface area (Å²) in [6.45, 7) is 12.6. The number of aromatic nitrogens is 3. The van der Waals surface area contributed by atoms with Crippen LogP contribution in [-0.4, -0.2) is 179 Å². The number of ketones is 1. The second-order valence-electron chi connectivity index (χ2n) is 17.3. The number of hydrogen-bond acceptors (Lipinski definition) is 18. The SMILES string of the molecule is CCOC(=O)c1cn(CC[C@H]2C[C@@H](C)C(=O)/C=C/C(C)=C/[C@H](CO[C@@H]3OC(C)[C@@H](O)[C@H](OC)C3OC)[C@@H](CC)OC(=O)C[C@@H](O)[C@H](C)[C@H]2O[C@@H]2O[C@H](C)[C@@H](O)C(N(C)C)C2O)nn1. The third-order valence-electron chi connectivity index (χ3n) is 12.5. The van der Waals surface area contributed by atoms with E-state index in [1.807, 2.05) is 19.9 Å². The zero-order valence-corrected chi connectivity index (χ0v) is 38.6. The number of ether oxygens (including phenoxy) is 8. The molecule has 0 spiro atoms. The van der Waals surface area contributed by atoms with Crippen molar-refractivity contribution in [2.45, 2.75) is 160 Å². The number of cyclic esters (lactones) is 1. The number of hydrogen-bond donors (Lipinski definition) is 4. The topological polar surface area (TPSA) is 240 Å². The maximum Gasteiger partial charge on any atom is 0.360 e. The molecule has 0 radical (unpaired) electrons. The molecule has 1 aromatic rings. The van der Waals surface area contributed by atoms with Crippen LogP contribution in [0, 0.1) is 23.7 Å². The molecule has 4 heterocycles. The minimum atomic E-state index is -1.33. The van der Waals surface area contributed by atoms with Crippen molar-refractivity contribution in [3.05, 3.63) is 35.7 Å². The van der Waals surface area contributed by atoms with Gasteiger partial charge in [-0.25, -0.2) is 4.79 Å². The molecular weight excluding hydrogens is 824 g/mol. The van der Waals surface area contributed by atoms with Crippen LogP contribution in [0.1, 0.15) is 84.6 Å². The van der Waals surface area contributed by atoms with Gasteiger partial charge in [0, 0.05) is 38.5 Å². The minimum Gasteiger partial charge on any atom is -0.462 e. The van der Waals surface area contributed by atoms with Crippen LogP contribution in [0.15, 0.2) is 30.0 Å². The van der Waals surface area contributed by atoms with E-state index in [9.17, 15) is 34.8 Å². The van der Waals surface area contributed by atoms with E-state index in [0.29, 0.717) is 18.4 Å². The molecule has 0 aromatic carbocycles. The van der Waals surface area contributed by atoms with Crippen molar-refractivity contribution in [2.75, 3.05) is 41.5 Å². The molecule has 17 atom stereocenters. The predicted octanol–water partition coefficient (Wildman–Crippen LogP) is 1.83. The van der Waals surface area contributed by atoms with Gasteiger partial charge in [0.05, 0.1) is 62.4 Å². The van der Waals surface area contributed by atoms with Gasteiger partial charge in [0.1, 0.15) is 30.5 Å². The lowest BCUT2D eigenvalue weighted by Crippen LogP contribution is -2.63. The van der Waals surface area contributed by atoms with Gasteiger partial charge in [0.15, 0.2) is 24.1 Å². The van der Waals surface area contributed by atoms with Crippen molar-refractivity contribution in [3.8, 4) is 0 Å². The first-order valence-electron chi connectivity index (χ1n) is 22.0. The molecule has 0 bridgehead atoms. The fraction of sp³-hybridized carbons (Fsp3) is 0.795. The van der Waals surface area contributed by atoms with E-state index >= 15 is 0 Å². The molecule has 2 saturated heterocycles. The molecule has 19 heteroatoms. The Labute approximate surface area is 370 Å². The normalized spacial score (nSPS) is 39.0. The average molecular weight is 897 g/mol. The number of carbonyl (C=O) groups is 3. The maximum atomic E-state index is 13.9. The molecule has 19 nitrogen and oxygen atoms in total. The highest BCUT2D eigenvalue weighted by Crippen LogP contribution is 2.35. The lowest BCUT2D eigenvalue weighted by molar-refractivity contribution is -0.304. The summed E-state index contributed by atoms with van der Waals surface area (Å²) < 4.78 is 48.8. The fourth-order valence-corrected chi connectivity index (χ4v) is 8.69. The van der Waals surface area contributed by atoms with Crippen LogP contribution in [-0.2, 0) is 54.0 Å². The van der Waals surface area contributed by atoms with Crippen molar-refractivity contribution < 1.29 is 72.7 Å². The third kappa shape index (κ3) is 13.7. The number of esters is 2. The van der Waals surface area contributed by atoms with Crippen LogP contribution in [0.4, 0.5) is 0 Å². The summed E-state index contributed by atoms with van der Waals surface area (Å²) in [6, 6.07) is -0.763. The Morgan fingerprint density at radius 3 is 2.22 bits per heavy atom. The van der Waals surface area contributed by atoms with Crippen molar-refractivity contribution >= 4 is 17.7 Å². The van der Waals surface area contributed by atoms with E-state index in [4.69, 9.17) is 37.9 Å². The highest BCUT2D eigenvalue weighted by molar-refractivity contribution is 5.91. The van der Waals surface area contributed by atoms with Crippen molar-refractivity contribution in [1.82, 2.24) is 19.9 Å². The number of aliphatic hydroxyl groups excluding tert-OH is 4. The molecule has 1 aromatic heterocycles. The number of aryl methyl sites for hydroxylation is 1. The van der Waals surface area contributed by atoms with Gasteiger partial charge in [-0.3, -0.25) is 14.3 Å². The van der Waals surface area contributed by atoms with Crippen LogP contribution in [0.2, 0.25) is 0 Å². The van der Waals surface area contributed by atoms with Crippen molar-refractivity contribution in [2.24, 2.45) is 23.7 Å². The number of methoxy groups -OCH3 is 2. The number of nitrogens with zero attached hydrogens (tertiary/aromatic N) is 4. The fourth-order valence-electron chi connectivity index (χ4n) is 8.69. The number of aliphatic hydroxyl groups is 4. The molecule has 3 aliphatic heterocycles. The first-order valence-corrected chi connectivity index (χ1v) is 22.0. The van der Waals surface area contributed by atoms with E-state index in [-0.39, 0.29) is 37.7 Å². The number of likely N-dealkylation sites (N-methyl/N-ethyl adjacent to an activating group) is 1. The molecule has 4 N–H and O–H groups in total. The Kier molecular flexibility index (Phi) is 20.3. The molecular formula is C44H72N4O15. The molecule has 3 aliphatic rings. The van der Waals surface area contributed by atoms with Gasteiger partial charge in [0.25, 0.3) is 0 Å². The average Bonchev–Trinajstić information content (AvgIpc) is 3.72. The summed E-state index contributed by atoms with van der Waals surface area (Å²) in [5, 5.41) is 53.2. The van der Waals surface area contributed by atoms with Crippen LogP contribution in [0.25, 0.3) is 0 Å². The largest absolute Gasteiger partial charge is 0.462 e. The Bertz CT molecular complexity index is 1670. The highest BCUT2D eigenvalue weighted by Gasteiger charge is 2.48. The van der Waals surface area contributed by atoms with Gasteiger partial charge in [-0.05, 0) is 73.0 Å². The second-order valence-corrected chi connectivity index (χ2v) is 17.3. The lowest BCUT2D eigenvalue weighted by atomic mass is 9.79. The Hall–Kier alpha value is -3.21.